The fraction of sp³-hybridized carbons (Fsp3) is 0. The molecule has 0 saturated carbocycles. The van der Waals surface area contributed by atoms with Crippen LogP contribution in [0.1, 0.15) is 0 Å². The monoisotopic (exact) mass is 531 g/mol. The summed E-state index contributed by atoms with van der Waals surface area (Å²) in [6, 6.07) is 46.6. The number of para-hydroxylation sites is 1. The minimum Gasteiger partial charge on any atom is -0.309 e. The lowest BCUT2D eigenvalue weighted by Gasteiger charge is -2.09. The van der Waals surface area contributed by atoms with E-state index in [2.05, 4.69) is 132 Å². The first kappa shape index (κ1) is 21.5. The van der Waals surface area contributed by atoms with E-state index in [0.29, 0.717) is 0 Å². The molecule has 1 nitrogen and oxygen atoms in total. The van der Waals surface area contributed by atoms with Crippen LogP contribution >= 0.6 is 22.7 Å². The van der Waals surface area contributed by atoms with Crippen molar-refractivity contribution >= 4 is 84.8 Å². The molecule has 39 heavy (non-hydrogen) atoms. The molecule has 182 valence electrons. The number of nitrogens with zero attached hydrogens (tertiary/aromatic N) is 1. The summed E-state index contributed by atoms with van der Waals surface area (Å²) in [5, 5.41) is 8.14. The van der Waals surface area contributed by atoms with Crippen molar-refractivity contribution in [3.8, 4) is 16.8 Å². The Morgan fingerprint density at radius 2 is 1.05 bits per heavy atom. The summed E-state index contributed by atoms with van der Waals surface area (Å²) in [6.45, 7) is 0. The van der Waals surface area contributed by atoms with E-state index < -0.39 is 0 Å². The van der Waals surface area contributed by atoms with Gasteiger partial charge in [0.1, 0.15) is 0 Å². The SMILES string of the molecule is c1ccc(-c2ccc(-n3c4ccccc4c4c5sc6c(ccc7sc8ccccc8c76)c5ccc43)cc2)cc1. The summed E-state index contributed by atoms with van der Waals surface area (Å²) in [7, 11) is 0. The van der Waals surface area contributed by atoms with Crippen LogP contribution in [-0.4, -0.2) is 4.57 Å². The first-order valence-corrected chi connectivity index (χ1v) is 14.8. The van der Waals surface area contributed by atoms with Gasteiger partial charge in [-0.05, 0) is 47.5 Å². The summed E-state index contributed by atoms with van der Waals surface area (Å²) in [5.74, 6) is 0. The molecule has 0 fully saturated rings. The van der Waals surface area contributed by atoms with E-state index in [-0.39, 0.29) is 0 Å². The molecule has 3 heterocycles. The average molecular weight is 532 g/mol. The first-order chi connectivity index (χ1) is 19.3. The van der Waals surface area contributed by atoms with E-state index in [1.165, 1.54) is 79.0 Å². The van der Waals surface area contributed by atoms with Crippen molar-refractivity contribution in [2.24, 2.45) is 0 Å². The third kappa shape index (κ3) is 3.00. The van der Waals surface area contributed by atoms with E-state index in [0.717, 1.165) is 0 Å². The molecule has 6 aromatic carbocycles. The van der Waals surface area contributed by atoms with Gasteiger partial charge in [0, 0.05) is 56.8 Å². The molecule has 0 aliphatic rings. The van der Waals surface area contributed by atoms with Crippen LogP contribution in [0.3, 0.4) is 0 Å². The van der Waals surface area contributed by atoms with Gasteiger partial charge >= 0.3 is 0 Å². The fourth-order valence-electron chi connectivity index (χ4n) is 6.26. The predicted molar refractivity (Wildman–Crippen MR) is 172 cm³/mol. The number of rotatable bonds is 2. The molecule has 0 atom stereocenters. The highest BCUT2D eigenvalue weighted by Crippen LogP contribution is 2.48. The Morgan fingerprint density at radius 3 is 1.90 bits per heavy atom. The normalized spacial score (nSPS) is 12.1. The van der Waals surface area contributed by atoms with Crippen molar-refractivity contribution in [2.45, 2.75) is 0 Å². The maximum atomic E-state index is 2.43. The van der Waals surface area contributed by atoms with Crippen molar-refractivity contribution in [1.82, 2.24) is 4.57 Å². The van der Waals surface area contributed by atoms with E-state index in [1.807, 2.05) is 22.7 Å². The maximum absolute atomic E-state index is 2.43. The van der Waals surface area contributed by atoms with Gasteiger partial charge in [0.05, 0.1) is 11.0 Å². The molecule has 0 saturated heterocycles. The molecule has 3 heteroatoms. The highest BCUT2D eigenvalue weighted by Gasteiger charge is 2.19. The Hall–Kier alpha value is -4.44. The van der Waals surface area contributed by atoms with Crippen LogP contribution in [0.25, 0.3) is 79.0 Å². The molecule has 0 aliphatic heterocycles. The van der Waals surface area contributed by atoms with Gasteiger partial charge in [-0.1, -0.05) is 91.0 Å². The Morgan fingerprint density at radius 1 is 0.385 bits per heavy atom. The van der Waals surface area contributed by atoms with Crippen LogP contribution in [0.4, 0.5) is 0 Å². The number of hydrogen-bond acceptors (Lipinski definition) is 2. The van der Waals surface area contributed by atoms with E-state index >= 15 is 0 Å². The van der Waals surface area contributed by atoms with Crippen LogP contribution < -0.4 is 0 Å². The zero-order valence-corrected chi connectivity index (χ0v) is 22.5. The molecule has 0 radical (unpaired) electrons. The second-order valence-electron chi connectivity index (χ2n) is 10.1. The van der Waals surface area contributed by atoms with Crippen LogP contribution in [0.5, 0.6) is 0 Å². The first-order valence-electron chi connectivity index (χ1n) is 13.2. The van der Waals surface area contributed by atoms with Gasteiger partial charge < -0.3 is 4.57 Å². The molecule has 0 aliphatic carbocycles. The Bertz CT molecular complexity index is 2370. The zero-order chi connectivity index (χ0) is 25.5. The van der Waals surface area contributed by atoms with Crippen LogP contribution in [-0.2, 0) is 0 Å². The molecule has 0 spiro atoms. The number of fused-ring (bicyclic) bond motifs is 11. The summed E-state index contributed by atoms with van der Waals surface area (Å²) in [5.41, 5.74) is 6.17. The predicted octanol–water partition coefficient (Wildman–Crippen LogP) is 11.2. The largest absolute Gasteiger partial charge is 0.309 e. The van der Waals surface area contributed by atoms with Crippen LogP contribution in [0, 0.1) is 0 Å². The van der Waals surface area contributed by atoms with Crippen LogP contribution in [0.15, 0.2) is 127 Å². The summed E-state index contributed by atoms with van der Waals surface area (Å²) >= 11 is 3.85. The van der Waals surface area contributed by atoms with Gasteiger partial charge in [-0.25, -0.2) is 0 Å². The smallest absolute Gasteiger partial charge is 0.0555 e. The number of hydrogen-bond donors (Lipinski definition) is 0. The molecule has 0 amide bonds. The Kier molecular flexibility index (Phi) is 4.43. The van der Waals surface area contributed by atoms with Gasteiger partial charge in [0.2, 0.25) is 0 Å². The second kappa shape index (κ2) is 8.03. The maximum Gasteiger partial charge on any atom is 0.0555 e. The van der Waals surface area contributed by atoms with E-state index in [4.69, 9.17) is 0 Å². The van der Waals surface area contributed by atoms with Crippen LogP contribution in [0.2, 0.25) is 0 Å². The molecule has 3 aromatic heterocycles. The van der Waals surface area contributed by atoms with Gasteiger partial charge in [-0.2, -0.15) is 0 Å². The quantitative estimate of drug-likeness (QED) is 0.209. The third-order valence-corrected chi connectivity index (χ3v) is 10.4. The lowest BCUT2D eigenvalue weighted by atomic mass is 10.1. The minimum absolute atomic E-state index is 1.19. The highest BCUT2D eigenvalue weighted by atomic mass is 32.1. The Balaban J connectivity index is 1.36. The standard InChI is InChI=1S/C36H21NS2/c1-2-8-22(9-3-1)23-14-16-24(17-15-23)37-29-12-6-4-10-27(29)33-30(37)20-18-25-26-19-21-32-34(36(26)39-35(25)33)28-11-5-7-13-31(28)38-32/h1-21H. The summed E-state index contributed by atoms with van der Waals surface area (Å²) in [4.78, 5) is 0. The molecular formula is C36H21NS2. The zero-order valence-electron chi connectivity index (χ0n) is 20.9. The van der Waals surface area contributed by atoms with Crippen molar-refractivity contribution < 1.29 is 0 Å². The molecule has 0 N–H and O–H groups in total. The summed E-state index contributed by atoms with van der Waals surface area (Å²) < 4.78 is 7.93. The molecule has 9 aromatic rings. The van der Waals surface area contributed by atoms with Crippen molar-refractivity contribution in [3.05, 3.63) is 127 Å². The summed E-state index contributed by atoms with van der Waals surface area (Å²) in [6.07, 6.45) is 0. The topological polar surface area (TPSA) is 4.93 Å². The van der Waals surface area contributed by atoms with E-state index in [1.54, 1.807) is 0 Å². The van der Waals surface area contributed by atoms with E-state index in [9.17, 15) is 0 Å². The average Bonchev–Trinajstić information content (AvgIpc) is 3.66. The van der Waals surface area contributed by atoms with Gasteiger partial charge in [-0.15, -0.1) is 22.7 Å². The second-order valence-corrected chi connectivity index (χ2v) is 12.2. The third-order valence-electron chi connectivity index (χ3n) is 8.01. The lowest BCUT2D eigenvalue weighted by Crippen LogP contribution is -1.93. The fourth-order valence-corrected chi connectivity index (χ4v) is 8.86. The van der Waals surface area contributed by atoms with Gasteiger partial charge in [0.25, 0.3) is 0 Å². The molecular weight excluding hydrogens is 511 g/mol. The molecule has 0 bridgehead atoms. The number of thiophene rings is 2. The molecule has 0 unspecified atom stereocenters. The van der Waals surface area contributed by atoms with Crippen molar-refractivity contribution in [1.29, 1.82) is 0 Å². The molecule has 9 rings (SSSR count). The lowest BCUT2D eigenvalue weighted by molar-refractivity contribution is 1.18. The van der Waals surface area contributed by atoms with Gasteiger partial charge in [-0.3, -0.25) is 0 Å². The number of aromatic nitrogens is 1. The van der Waals surface area contributed by atoms with Gasteiger partial charge in [0.15, 0.2) is 0 Å². The number of benzene rings is 6. The van der Waals surface area contributed by atoms with Crippen molar-refractivity contribution in [2.75, 3.05) is 0 Å². The highest BCUT2D eigenvalue weighted by molar-refractivity contribution is 7.30. The minimum atomic E-state index is 1.19. The Labute approximate surface area is 232 Å². The van der Waals surface area contributed by atoms with Crippen molar-refractivity contribution in [3.63, 3.8) is 0 Å².